The highest BCUT2D eigenvalue weighted by molar-refractivity contribution is 6.34. The number of hydrogen-bond donors (Lipinski definition) is 3. The summed E-state index contributed by atoms with van der Waals surface area (Å²) in [6.45, 7) is 6.22. The van der Waals surface area contributed by atoms with Crippen molar-refractivity contribution in [2.45, 2.75) is 20.8 Å². The number of aryl methyl sites for hydroxylation is 1. The van der Waals surface area contributed by atoms with E-state index in [4.69, 9.17) is 16.7 Å². The quantitative estimate of drug-likeness (QED) is 0.697. The molecule has 0 aromatic heterocycles. The van der Waals surface area contributed by atoms with Crippen molar-refractivity contribution in [3.05, 3.63) is 63.7 Å². The van der Waals surface area contributed by atoms with Crippen LogP contribution in [-0.2, 0) is 0 Å². The van der Waals surface area contributed by atoms with Gasteiger partial charge in [0.15, 0.2) is 0 Å². The first-order valence-corrected chi connectivity index (χ1v) is 8.79. The zero-order valence-corrected chi connectivity index (χ0v) is 16.1. The summed E-state index contributed by atoms with van der Waals surface area (Å²) in [5.74, 6) is -1.53. The van der Waals surface area contributed by atoms with E-state index in [9.17, 15) is 14.4 Å². The first kappa shape index (κ1) is 20.5. The van der Waals surface area contributed by atoms with E-state index >= 15 is 0 Å². The van der Waals surface area contributed by atoms with E-state index in [-0.39, 0.29) is 22.1 Å². The van der Waals surface area contributed by atoms with Crippen LogP contribution in [0.3, 0.4) is 0 Å². The second kappa shape index (κ2) is 8.68. The van der Waals surface area contributed by atoms with Crippen LogP contribution in [0, 0.1) is 12.8 Å². The molecule has 2 amide bonds. The Morgan fingerprint density at radius 3 is 2.30 bits per heavy atom. The van der Waals surface area contributed by atoms with Crippen LogP contribution in [0.2, 0.25) is 5.02 Å². The smallest absolute Gasteiger partial charge is 0.335 e. The Hall–Kier alpha value is -2.86. The number of carbonyl (C=O) groups excluding carboxylic acids is 2. The minimum absolute atomic E-state index is 0.0374. The summed E-state index contributed by atoms with van der Waals surface area (Å²) in [6.07, 6.45) is 0. The second-order valence-corrected chi connectivity index (χ2v) is 7.05. The summed E-state index contributed by atoms with van der Waals surface area (Å²) in [7, 11) is 0. The van der Waals surface area contributed by atoms with E-state index in [0.29, 0.717) is 29.3 Å². The molecule has 0 atom stereocenters. The van der Waals surface area contributed by atoms with Gasteiger partial charge in [-0.1, -0.05) is 25.4 Å². The first-order valence-electron chi connectivity index (χ1n) is 8.41. The Morgan fingerprint density at radius 2 is 1.70 bits per heavy atom. The molecule has 2 rings (SSSR count). The predicted octanol–water partition coefficient (Wildman–Crippen LogP) is 3.98. The summed E-state index contributed by atoms with van der Waals surface area (Å²) in [5.41, 5.74) is 1.65. The van der Waals surface area contributed by atoms with Gasteiger partial charge in [-0.25, -0.2) is 4.79 Å². The summed E-state index contributed by atoms with van der Waals surface area (Å²) in [6, 6.07) is 8.98. The van der Waals surface area contributed by atoms with E-state index in [0.717, 1.165) is 0 Å². The van der Waals surface area contributed by atoms with Gasteiger partial charge in [-0.15, -0.1) is 0 Å². The SMILES string of the molecule is Cc1cc(C(=O)O)cc(C(=O)Nc2ccc(C(=O)NCC(C)C)c(Cl)c2)c1. The molecule has 0 unspecified atom stereocenters. The van der Waals surface area contributed by atoms with Crippen molar-refractivity contribution < 1.29 is 19.5 Å². The van der Waals surface area contributed by atoms with Crippen LogP contribution in [0.15, 0.2) is 36.4 Å². The third-order valence-corrected chi connectivity index (χ3v) is 4.04. The van der Waals surface area contributed by atoms with Crippen LogP contribution in [0.1, 0.15) is 50.5 Å². The fourth-order valence-corrected chi connectivity index (χ4v) is 2.68. The van der Waals surface area contributed by atoms with Crippen molar-refractivity contribution in [3.63, 3.8) is 0 Å². The molecule has 0 bridgehead atoms. The minimum Gasteiger partial charge on any atom is -0.478 e. The zero-order chi connectivity index (χ0) is 20.1. The molecule has 3 N–H and O–H groups in total. The molecule has 142 valence electrons. The largest absolute Gasteiger partial charge is 0.478 e. The van der Waals surface area contributed by atoms with Crippen LogP contribution >= 0.6 is 11.6 Å². The lowest BCUT2D eigenvalue weighted by atomic mass is 10.1. The number of carboxylic acid groups (broad SMARTS) is 1. The van der Waals surface area contributed by atoms with Crippen LogP contribution < -0.4 is 10.6 Å². The summed E-state index contributed by atoms with van der Waals surface area (Å²) < 4.78 is 0. The number of halogens is 1. The average Bonchev–Trinajstić information content (AvgIpc) is 2.59. The van der Waals surface area contributed by atoms with Gasteiger partial charge in [-0.3, -0.25) is 9.59 Å². The molecule has 0 radical (unpaired) electrons. The Kier molecular flexibility index (Phi) is 6.58. The Morgan fingerprint density at radius 1 is 1.04 bits per heavy atom. The number of amides is 2. The van der Waals surface area contributed by atoms with Crippen LogP contribution in [-0.4, -0.2) is 29.4 Å². The fourth-order valence-electron chi connectivity index (χ4n) is 2.41. The molecule has 0 fully saturated rings. The molecular formula is C20H21ClN2O4. The van der Waals surface area contributed by atoms with E-state index in [1.165, 1.54) is 24.3 Å². The molecule has 0 heterocycles. The lowest BCUT2D eigenvalue weighted by molar-refractivity contribution is 0.0696. The maximum absolute atomic E-state index is 12.4. The summed E-state index contributed by atoms with van der Waals surface area (Å²) in [5, 5.41) is 14.8. The van der Waals surface area contributed by atoms with E-state index in [2.05, 4.69) is 10.6 Å². The molecule has 7 heteroatoms. The van der Waals surface area contributed by atoms with Crippen LogP contribution in [0.4, 0.5) is 5.69 Å². The van der Waals surface area contributed by atoms with Crippen LogP contribution in [0.25, 0.3) is 0 Å². The molecular weight excluding hydrogens is 368 g/mol. The lowest BCUT2D eigenvalue weighted by Crippen LogP contribution is -2.27. The highest BCUT2D eigenvalue weighted by Gasteiger charge is 2.14. The lowest BCUT2D eigenvalue weighted by Gasteiger charge is -2.11. The molecule has 0 aliphatic heterocycles. The number of hydrogen-bond acceptors (Lipinski definition) is 3. The van der Waals surface area contributed by atoms with Gasteiger partial charge >= 0.3 is 5.97 Å². The standard InChI is InChI=1S/C20H21ClN2O4/c1-11(2)10-22-19(25)16-5-4-15(9-17(16)21)23-18(24)13-6-12(3)7-14(8-13)20(26)27/h4-9,11H,10H2,1-3H3,(H,22,25)(H,23,24)(H,26,27). The highest BCUT2D eigenvalue weighted by Crippen LogP contribution is 2.22. The van der Waals surface area contributed by atoms with Crippen molar-refractivity contribution in [3.8, 4) is 0 Å². The van der Waals surface area contributed by atoms with Crippen LogP contribution in [0.5, 0.6) is 0 Å². The number of benzene rings is 2. The van der Waals surface area contributed by atoms with Gasteiger partial charge in [0, 0.05) is 17.8 Å². The van der Waals surface area contributed by atoms with Gasteiger partial charge in [0.25, 0.3) is 11.8 Å². The number of rotatable bonds is 6. The second-order valence-electron chi connectivity index (χ2n) is 6.65. The molecule has 27 heavy (non-hydrogen) atoms. The monoisotopic (exact) mass is 388 g/mol. The molecule has 0 saturated heterocycles. The third kappa shape index (κ3) is 5.56. The fraction of sp³-hybridized carbons (Fsp3) is 0.250. The van der Waals surface area contributed by atoms with Crippen molar-refractivity contribution >= 4 is 35.1 Å². The normalized spacial score (nSPS) is 10.6. The maximum Gasteiger partial charge on any atom is 0.335 e. The van der Waals surface area contributed by atoms with E-state index < -0.39 is 11.9 Å². The van der Waals surface area contributed by atoms with Crippen molar-refractivity contribution in [1.82, 2.24) is 5.32 Å². The number of anilines is 1. The zero-order valence-electron chi connectivity index (χ0n) is 15.3. The van der Waals surface area contributed by atoms with Gasteiger partial charge in [0.05, 0.1) is 16.1 Å². The summed E-state index contributed by atoms with van der Waals surface area (Å²) in [4.78, 5) is 35.7. The van der Waals surface area contributed by atoms with Gasteiger partial charge in [-0.2, -0.15) is 0 Å². The van der Waals surface area contributed by atoms with Crippen molar-refractivity contribution in [1.29, 1.82) is 0 Å². The number of carbonyl (C=O) groups is 3. The van der Waals surface area contributed by atoms with Crippen molar-refractivity contribution in [2.75, 3.05) is 11.9 Å². The maximum atomic E-state index is 12.4. The van der Waals surface area contributed by atoms with Gasteiger partial charge in [0.2, 0.25) is 0 Å². The highest BCUT2D eigenvalue weighted by atomic mass is 35.5. The number of carboxylic acids is 1. The van der Waals surface area contributed by atoms with Gasteiger partial charge < -0.3 is 15.7 Å². The molecule has 0 aliphatic rings. The molecule has 0 aliphatic carbocycles. The van der Waals surface area contributed by atoms with E-state index in [1.54, 1.807) is 19.1 Å². The minimum atomic E-state index is -1.10. The van der Waals surface area contributed by atoms with Gasteiger partial charge in [0.1, 0.15) is 0 Å². The first-order chi connectivity index (χ1) is 12.7. The Bertz CT molecular complexity index is 894. The number of nitrogens with one attached hydrogen (secondary N) is 2. The Balaban J connectivity index is 2.16. The van der Waals surface area contributed by atoms with E-state index in [1.807, 2.05) is 13.8 Å². The predicted molar refractivity (Wildman–Crippen MR) is 105 cm³/mol. The molecule has 6 nitrogen and oxygen atoms in total. The van der Waals surface area contributed by atoms with Gasteiger partial charge in [-0.05, 0) is 54.8 Å². The van der Waals surface area contributed by atoms with Crippen molar-refractivity contribution in [2.24, 2.45) is 5.92 Å². The molecule has 0 spiro atoms. The molecule has 0 saturated carbocycles. The molecule has 2 aromatic carbocycles. The average molecular weight is 389 g/mol. The molecule has 2 aromatic rings. The Labute approximate surface area is 162 Å². The number of aromatic carboxylic acids is 1. The third-order valence-electron chi connectivity index (χ3n) is 3.73. The summed E-state index contributed by atoms with van der Waals surface area (Å²) >= 11 is 6.17. The topological polar surface area (TPSA) is 95.5 Å².